The van der Waals surface area contributed by atoms with E-state index < -0.39 is 0 Å². The van der Waals surface area contributed by atoms with Gasteiger partial charge < -0.3 is 10.2 Å². The Kier molecular flexibility index (Phi) is 6.06. The Morgan fingerprint density at radius 3 is 2.50 bits per heavy atom. The van der Waals surface area contributed by atoms with E-state index in [1.165, 1.54) is 12.1 Å². The van der Waals surface area contributed by atoms with Crippen LogP contribution in [0, 0.1) is 11.7 Å². The molecule has 1 atom stereocenters. The Bertz CT molecular complexity index is 372. The van der Waals surface area contributed by atoms with E-state index in [0.29, 0.717) is 23.5 Å². The zero-order valence-corrected chi connectivity index (χ0v) is 12.3. The van der Waals surface area contributed by atoms with Crippen LogP contribution in [0.2, 0.25) is 5.02 Å². The molecule has 0 spiro atoms. The summed E-state index contributed by atoms with van der Waals surface area (Å²) in [5, 5.41) is 3.86. The van der Waals surface area contributed by atoms with Gasteiger partial charge in [-0.3, -0.25) is 0 Å². The molecule has 1 rings (SSSR count). The number of likely N-dealkylation sites (N-methyl/N-ethyl adjacent to an activating group) is 1. The van der Waals surface area contributed by atoms with Crippen LogP contribution in [0.15, 0.2) is 18.2 Å². The van der Waals surface area contributed by atoms with Gasteiger partial charge in [-0.25, -0.2) is 4.39 Å². The highest BCUT2D eigenvalue weighted by atomic mass is 35.5. The monoisotopic (exact) mass is 272 g/mol. The van der Waals surface area contributed by atoms with Gasteiger partial charge in [0.2, 0.25) is 0 Å². The molecule has 0 saturated carbocycles. The standard InChI is InChI=1S/C14H22ClFN2/c1-10(2)14(18(3)4)9-17-8-11-5-6-12(16)7-13(11)15/h5-7,10,14,17H,8-9H2,1-4H3. The molecule has 1 aromatic carbocycles. The number of benzene rings is 1. The van der Waals surface area contributed by atoms with Gasteiger partial charge in [0.1, 0.15) is 5.82 Å². The summed E-state index contributed by atoms with van der Waals surface area (Å²) in [7, 11) is 4.16. The van der Waals surface area contributed by atoms with Crippen molar-refractivity contribution in [2.45, 2.75) is 26.4 Å². The lowest BCUT2D eigenvalue weighted by atomic mass is 10.0. The van der Waals surface area contributed by atoms with E-state index in [2.05, 4.69) is 38.2 Å². The molecular formula is C14H22ClFN2. The third kappa shape index (κ3) is 4.56. The van der Waals surface area contributed by atoms with Gasteiger partial charge in [0.25, 0.3) is 0 Å². The third-order valence-corrected chi connectivity index (χ3v) is 3.47. The van der Waals surface area contributed by atoms with E-state index in [1.54, 1.807) is 6.07 Å². The van der Waals surface area contributed by atoms with Crippen molar-refractivity contribution in [1.29, 1.82) is 0 Å². The van der Waals surface area contributed by atoms with Crippen LogP contribution < -0.4 is 5.32 Å². The molecule has 1 aromatic rings. The predicted octanol–water partition coefficient (Wildman–Crippen LogP) is 3.15. The largest absolute Gasteiger partial charge is 0.311 e. The van der Waals surface area contributed by atoms with Gasteiger partial charge in [-0.05, 0) is 37.7 Å². The van der Waals surface area contributed by atoms with Crippen LogP contribution >= 0.6 is 11.6 Å². The average molecular weight is 273 g/mol. The fourth-order valence-electron chi connectivity index (χ4n) is 2.03. The smallest absolute Gasteiger partial charge is 0.124 e. The summed E-state index contributed by atoms with van der Waals surface area (Å²) < 4.78 is 12.9. The molecule has 0 heterocycles. The molecule has 0 aliphatic heterocycles. The highest BCUT2D eigenvalue weighted by Crippen LogP contribution is 2.17. The predicted molar refractivity (Wildman–Crippen MR) is 75.4 cm³/mol. The van der Waals surface area contributed by atoms with Crippen molar-refractivity contribution < 1.29 is 4.39 Å². The van der Waals surface area contributed by atoms with Crippen molar-refractivity contribution in [1.82, 2.24) is 10.2 Å². The first-order chi connectivity index (χ1) is 8.41. The fourth-order valence-corrected chi connectivity index (χ4v) is 2.27. The van der Waals surface area contributed by atoms with E-state index in [0.717, 1.165) is 12.1 Å². The number of halogens is 2. The van der Waals surface area contributed by atoms with Gasteiger partial charge >= 0.3 is 0 Å². The first-order valence-electron chi connectivity index (χ1n) is 6.23. The van der Waals surface area contributed by atoms with Crippen molar-refractivity contribution >= 4 is 11.6 Å². The SMILES string of the molecule is CC(C)C(CNCc1ccc(F)cc1Cl)N(C)C. The molecule has 0 amide bonds. The van der Waals surface area contributed by atoms with E-state index in [-0.39, 0.29) is 5.82 Å². The van der Waals surface area contributed by atoms with Gasteiger partial charge in [0.05, 0.1) is 0 Å². The van der Waals surface area contributed by atoms with Crippen LogP contribution in [0.5, 0.6) is 0 Å². The van der Waals surface area contributed by atoms with Gasteiger partial charge in [-0.2, -0.15) is 0 Å². The van der Waals surface area contributed by atoms with E-state index >= 15 is 0 Å². The first-order valence-corrected chi connectivity index (χ1v) is 6.60. The summed E-state index contributed by atoms with van der Waals surface area (Å²) in [6.45, 7) is 5.96. The second-order valence-electron chi connectivity index (χ2n) is 5.14. The van der Waals surface area contributed by atoms with Gasteiger partial charge in [-0.15, -0.1) is 0 Å². The summed E-state index contributed by atoms with van der Waals surface area (Å²) in [6.07, 6.45) is 0. The van der Waals surface area contributed by atoms with Crippen LogP contribution in [0.1, 0.15) is 19.4 Å². The molecule has 102 valence electrons. The maximum atomic E-state index is 12.9. The summed E-state index contributed by atoms with van der Waals surface area (Å²) in [5.74, 6) is 0.285. The molecule has 1 unspecified atom stereocenters. The van der Waals surface area contributed by atoms with Crippen LogP contribution in [-0.2, 0) is 6.54 Å². The summed E-state index contributed by atoms with van der Waals surface area (Å²) in [5.41, 5.74) is 0.930. The minimum atomic E-state index is -0.294. The van der Waals surface area contributed by atoms with E-state index in [1.807, 2.05) is 0 Å². The number of rotatable bonds is 6. The minimum absolute atomic E-state index is 0.294. The van der Waals surface area contributed by atoms with Crippen molar-refractivity contribution in [3.8, 4) is 0 Å². The molecule has 0 aromatic heterocycles. The topological polar surface area (TPSA) is 15.3 Å². The normalized spacial score (nSPS) is 13.3. The molecule has 18 heavy (non-hydrogen) atoms. The van der Waals surface area contributed by atoms with Crippen LogP contribution in [0.4, 0.5) is 4.39 Å². The van der Waals surface area contributed by atoms with Crippen LogP contribution in [0.3, 0.4) is 0 Å². The summed E-state index contributed by atoms with van der Waals surface area (Å²) in [6, 6.07) is 4.99. The Morgan fingerprint density at radius 1 is 1.33 bits per heavy atom. The highest BCUT2D eigenvalue weighted by Gasteiger charge is 2.15. The second kappa shape index (κ2) is 7.07. The fraction of sp³-hybridized carbons (Fsp3) is 0.571. The average Bonchev–Trinajstić information content (AvgIpc) is 2.25. The van der Waals surface area contributed by atoms with Crippen LogP contribution in [-0.4, -0.2) is 31.6 Å². The molecule has 0 aliphatic carbocycles. The van der Waals surface area contributed by atoms with E-state index in [9.17, 15) is 4.39 Å². The molecule has 4 heteroatoms. The first kappa shape index (κ1) is 15.4. The molecule has 1 N–H and O–H groups in total. The second-order valence-corrected chi connectivity index (χ2v) is 5.55. The van der Waals surface area contributed by atoms with Gasteiger partial charge in [0, 0.05) is 24.2 Å². The zero-order chi connectivity index (χ0) is 13.7. The number of nitrogens with zero attached hydrogens (tertiary/aromatic N) is 1. The molecule has 0 radical (unpaired) electrons. The molecule has 2 nitrogen and oxygen atoms in total. The molecule has 0 bridgehead atoms. The molecule has 0 saturated heterocycles. The Balaban J connectivity index is 2.50. The lowest BCUT2D eigenvalue weighted by molar-refractivity contribution is 0.224. The van der Waals surface area contributed by atoms with Crippen LogP contribution in [0.25, 0.3) is 0 Å². The third-order valence-electron chi connectivity index (χ3n) is 3.12. The highest BCUT2D eigenvalue weighted by molar-refractivity contribution is 6.31. The van der Waals surface area contributed by atoms with Crippen molar-refractivity contribution in [2.75, 3.05) is 20.6 Å². The number of hydrogen-bond acceptors (Lipinski definition) is 2. The maximum Gasteiger partial charge on any atom is 0.124 e. The van der Waals surface area contributed by atoms with Crippen molar-refractivity contribution in [2.24, 2.45) is 5.92 Å². The molecular weight excluding hydrogens is 251 g/mol. The van der Waals surface area contributed by atoms with Crippen molar-refractivity contribution in [3.63, 3.8) is 0 Å². The van der Waals surface area contributed by atoms with Gasteiger partial charge in [-0.1, -0.05) is 31.5 Å². The van der Waals surface area contributed by atoms with E-state index in [4.69, 9.17) is 11.6 Å². The van der Waals surface area contributed by atoms with Crippen molar-refractivity contribution in [3.05, 3.63) is 34.6 Å². The summed E-state index contributed by atoms with van der Waals surface area (Å²) >= 11 is 5.98. The maximum absolute atomic E-state index is 12.9. The number of hydrogen-bond donors (Lipinski definition) is 1. The molecule has 0 fully saturated rings. The minimum Gasteiger partial charge on any atom is -0.311 e. The quantitative estimate of drug-likeness (QED) is 0.856. The Morgan fingerprint density at radius 2 is 2.00 bits per heavy atom. The lowest BCUT2D eigenvalue weighted by Crippen LogP contribution is -2.41. The number of nitrogens with one attached hydrogen (secondary N) is 1. The Labute approximate surface area is 114 Å². The zero-order valence-electron chi connectivity index (χ0n) is 11.5. The molecule has 0 aliphatic rings. The summed E-state index contributed by atoms with van der Waals surface area (Å²) in [4.78, 5) is 2.21. The van der Waals surface area contributed by atoms with Gasteiger partial charge in [0.15, 0.2) is 0 Å². The lowest BCUT2D eigenvalue weighted by Gasteiger charge is -2.28. The Hall–Kier alpha value is -0.640.